The summed E-state index contributed by atoms with van der Waals surface area (Å²) in [7, 11) is 0. The fraction of sp³-hybridized carbons (Fsp3) is 0.429. The molecule has 1 atom stereocenters. The van der Waals surface area contributed by atoms with Crippen molar-refractivity contribution in [3.63, 3.8) is 0 Å². The third-order valence-electron chi connectivity index (χ3n) is 2.93. The molecular formula is C14H16N4OS2. The van der Waals surface area contributed by atoms with Gasteiger partial charge in [-0.05, 0) is 37.7 Å². The third kappa shape index (κ3) is 4.41. The van der Waals surface area contributed by atoms with Crippen molar-refractivity contribution in [3.8, 4) is 6.07 Å². The van der Waals surface area contributed by atoms with E-state index in [1.54, 1.807) is 0 Å². The highest BCUT2D eigenvalue weighted by Crippen LogP contribution is 2.22. The second kappa shape index (κ2) is 7.96. The number of hydrogen-bond donors (Lipinski definition) is 0. The molecule has 0 fully saturated rings. The molecule has 0 N–H and O–H groups in total. The number of aromatic nitrogens is 3. The van der Waals surface area contributed by atoms with E-state index in [1.807, 2.05) is 35.9 Å². The zero-order valence-electron chi connectivity index (χ0n) is 11.7. The Morgan fingerprint density at radius 2 is 2.33 bits per heavy atom. The van der Waals surface area contributed by atoms with Crippen LogP contribution in [0, 0.1) is 11.3 Å². The highest BCUT2D eigenvalue weighted by Gasteiger charge is 2.14. The third-order valence-corrected chi connectivity index (χ3v) is 4.38. The van der Waals surface area contributed by atoms with Crippen LogP contribution in [0.15, 0.2) is 24.3 Å². The van der Waals surface area contributed by atoms with E-state index in [0.717, 1.165) is 17.5 Å². The van der Waals surface area contributed by atoms with E-state index < -0.39 is 0 Å². The van der Waals surface area contributed by atoms with E-state index in [4.69, 9.17) is 22.2 Å². The van der Waals surface area contributed by atoms with Gasteiger partial charge in [0.2, 0.25) is 4.38 Å². The molecule has 0 saturated heterocycles. The maximum absolute atomic E-state index is 8.93. The van der Waals surface area contributed by atoms with E-state index in [1.165, 1.54) is 11.8 Å². The van der Waals surface area contributed by atoms with Crippen molar-refractivity contribution < 1.29 is 4.74 Å². The Morgan fingerprint density at radius 3 is 3.10 bits per heavy atom. The minimum atomic E-state index is 0.108. The Labute approximate surface area is 133 Å². The number of nitriles is 1. The average Bonchev–Trinajstić information content (AvgIpc) is 2.88. The summed E-state index contributed by atoms with van der Waals surface area (Å²) in [5.74, 6) is 0. The molecule has 0 aliphatic carbocycles. The Hall–Kier alpha value is -1.65. The van der Waals surface area contributed by atoms with Crippen LogP contribution in [0.1, 0.15) is 19.8 Å². The summed E-state index contributed by atoms with van der Waals surface area (Å²) in [4.78, 5) is 0. The topological polar surface area (TPSA) is 63.7 Å². The lowest BCUT2D eigenvalue weighted by molar-refractivity contribution is 0.346. The van der Waals surface area contributed by atoms with Gasteiger partial charge in [0.05, 0.1) is 18.2 Å². The number of ether oxygens (including phenoxy) is 1. The maximum atomic E-state index is 8.93. The minimum Gasteiger partial charge on any atom is -0.479 e. The summed E-state index contributed by atoms with van der Waals surface area (Å²) >= 11 is 6.58. The molecule has 0 aliphatic rings. The fourth-order valence-corrected chi connectivity index (χ4v) is 3.31. The van der Waals surface area contributed by atoms with Crippen molar-refractivity contribution in [1.29, 1.82) is 5.26 Å². The van der Waals surface area contributed by atoms with Crippen molar-refractivity contribution in [2.75, 3.05) is 6.61 Å². The highest BCUT2D eigenvalue weighted by molar-refractivity contribution is 8.23. The van der Waals surface area contributed by atoms with Gasteiger partial charge in [-0.3, -0.25) is 0 Å². The molecule has 1 heterocycles. The largest absolute Gasteiger partial charge is 0.479 e. The van der Waals surface area contributed by atoms with Crippen LogP contribution in [0.25, 0.3) is 11.0 Å². The standard InChI is InChI=1S/C14H16N4OS2/c1-2-19-14(20)21-11(7-9-15)8-10-18-13-6-4-3-5-12(13)16-17-18/h3-6,11H,2,7-8,10H2,1H3. The molecule has 0 aliphatic heterocycles. The summed E-state index contributed by atoms with van der Waals surface area (Å²) in [6.07, 6.45) is 1.23. The predicted octanol–water partition coefficient (Wildman–Crippen LogP) is 3.16. The van der Waals surface area contributed by atoms with Gasteiger partial charge in [-0.15, -0.1) is 5.10 Å². The van der Waals surface area contributed by atoms with Crippen LogP contribution in [0.2, 0.25) is 0 Å². The first-order valence-electron chi connectivity index (χ1n) is 6.73. The van der Waals surface area contributed by atoms with E-state index in [0.29, 0.717) is 24.0 Å². The van der Waals surface area contributed by atoms with Crippen molar-refractivity contribution in [3.05, 3.63) is 24.3 Å². The molecular weight excluding hydrogens is 304 g/mol. The molecule has 1 aromatic carbocycles. The quantitative estimate of drug-likeness (QED) is 0.762. The number of hydrogen-bond acceptors (Lipinski definition) is 6. The Kier molecular flexibility index (Phi) is 5.96. The normalized spacial score (nSPS) is 12.0. The lowest BCUT2D eigenvalue weighted by Crippen LogP contribution is -2.12. The van der Waals surface area contributed by atoms with Crippen LogP contribution in [-0.2, 0) is 11.3 Å². The van der Waals surface area contributed by atoms with E-state index in [-0.39, 0.29) is 5.25 Å². The predicted molar refractivity (Wildman–Crippen MR) is 88.0 cm³/mol. The van der Waals surface area contributed by atoms with Crippen LogP contribution >= 0.6 is 24.0 Å². The number of thioether (sulfide) groups is 1. The lowest BCUT2D eigenvalue weighted by atomic mass is 10.2. The monoisotopic (exact) mass is 320 g/mol. The molecule has 7 heteroatoms. The lowest BCUT2D eigenvalue weighted by Gasteiger charge is -2.13. The smallest absolute Gasteiger partial charge is 0.220 e. The minimum absolute atomic E-state index is 0.108. The van der Waals surface area contributed by atoms with Crippen LogP contribution < -0.4 is 0 Å². The van der Waals surface area contributed by atoms with Crippen molar-refractivity contribution in [1.82, 2.24) is 15.0 Å². The van der Waals surface area contributed by atoms with Crippen LogP contribution in [0.5, 0.6) is 0 Å². The number of fused-ring (bicyclic) bond motifs is 1. The SMILES string of the molecule is CCOC(=S)SC(CC#N)CCn1nnc2ccccc21. The number of aryl methyl sites for hydroxylation is 1. The Balaban J connectivity index is 1.98. The first kappa shape index (κ1) is 15.7. The van der Waals surface area contributed by atoms with Crippen LogP contribution in [0.3, 0.4) is 0 Å². The number of nitrogens with zero attached hydrogens (tertiary/aromatic N) is 4. The zero-order chi connectivity index (χ0) is 15.1. The maximum Gasteiger partial charge on any atom is 0.220 e. The first-order valence-corrected chi connectivity index (χ1v) is 8.02. The molecule has 21 heavy (non-hydrogen) atoms. The summed E-state index contributed by atoms with van der Waals surface area (Å²) in [6.45, 7) is 3.15. The molecule has 0 bridgehead atoms. The van der Waals surface area contributed by atoms with Crippen molar-refractivity contribution in [2.24, 2.45) is 0 Å². The highest BCUT2D eigenvalue weighted by atomic mass is 32.2. The molecule has 1 unspecified atom stereocenters. The van der Waals surface area contributed by atoms with Gasteiger partial charge in [-0.25, -0.2) is 4.68 Å². The molecule has 2 rings (SSSR count). The van der Waals surface area contributed by atoms with E-state index in [2.05, 4.69) is 16.4 Å². The molecule has 0 saturated carbocycles. The number of benzene rings is 1. The van der Waals surface area contributed by atoms with E-state index in [9.17, 15) is 0 Å². The average molecular weight is 320 g/mol. The van der Waals surface area contributed by atoms with Gasteiger partial charge >= 0.3 is 0 Å². The second-order valence-corrected chi connectivity index (χ2v) is 6.28. The van der Waals surface area contributed by atoms with Gasteiger partial charge in [-0.1, -0.05) is 29.1 Å². The van der Waals surface area contributed by atoms with Crippen LogP contribution in [0.4, 0.5) is 0 Å². The Morgan fingerprint density at radius 1 is 1.52 bits per heavy atom. The van der Waals surface area contributed by atoms with Gasteiger partial charge in [-0.2, -0.15) is 5.26 Å². The fourth-order valence-electron chi connectivity index (χ4n) is 1.94. The molecule has 0 spiro atoms. The summed E-state index contributed by atoms with van der Waals surface area (Å²) in [5.41, 5.74) is 1.89. The van der Waals surface area contributed by atoms with E-state index >= 15 is 0 Å². The molecule has 2 aromatic rings. The molecule has 1 aromatic heterocycles. The summed E-state index contributed by atoms with van der Waals surface area (Å²) in [5, 5.41) is 17.3. The van der Waals surface area contributed by atoms with Gasteiger partial charge in [0.1, 0.15) is 5.52 Å². The number of rotatable bonds is 6. The molecule has 0 amide bonds. The second-order valence-electron chi connectivity index (χ2n) is 4.38. The Bertz CT molecular complexity index is 650. The van der Waals surface area contributed by atoms with Gasteiger partial charge in [0, 0.05) is 18.2 Å². The summed E-state index contributed by atoms with van der Waals surface area (Å²) in [6, 6.07) is 10.0. The number of thiocarbonyl (C=S) groups is 1. The van der Waals surface area contributed by atoms with Gasteiger partial charge < -0.3 is 4.74 Å². The molecule has 110 valence electrons. The summed E-state index contributed by atoms with van der Waals surface area (Å²) < 4.78 is 7.64. The molecule has 5 nitrogen and oxygen atoms in total. The number of para-hydroxylation sites is 1. The van der Waals surface area contributed by atoms with Gasteiger partial charge in [0.25, 0.3) is 0 Å². The van der Waals surface area contributed by atoms with Crippen molar-refractivity contribution >= 4 is 39.4 Å². The van der Waals surface area contributed by atoms with Crippen LogP contribution in [-0.4, -0.2) is 31.2 Å². The molecule has 0 radical (unpaired) electrons. The zero-order valence-corrected chi connectivity index (χ0v) is 13.4. The van der Waals surface area contributed by atoms with Crippen molar-refractivity contribution in [2.45, 2.75) is 31.6 Å². The van der Waals surface area contributed by atoms with Gasteiger partial charge in [0.15, 0.2) is 0 Å². The first-order chi connectivity index (χ1) is 10.2.